The summed E-state index contributed by atoms with van der Waals surface area (Å²) < 4.78 is 5.39. The topological polar surface area (TPSA) is 50.8 Å². The maximum Gasteiger partial charge on any atom is 0.114 e. The molecule has 2 heterocycles. The Balaban J connectivity index is 1.85. The second-order valence-electron chi connectivity index (χ2n) is 6.32. The van der Waals surface area contributed by atoms with E-state index in [9.17, 15) is 0 Å². The Bertz CT molecular complexity index is 1060. The zero-order valence-electron chi connectivity index (χ0n) is 13.2. The van der Waals surface area contributed by atoms with Crippen molar-refractivity contribution in [1.29, 1.82) is 0 Å². The van der Waals surface area contributed by atoms with Gasteiger partial charge in [-0.25, -0.2) is 4.99 Å². The largest absolute Gasteiger partial charge is 0.471 e. The lowest BCUT2D eigenvalue weighted by atomic mass is 9.64. The molecule has 3 aliphatic rings. The van der Waals surface area contributed by atoms with Crippen LogP contribution in [0.2, 0.25) is 0 Å². The van der Waals surface area contributed by atoms with Crippen LogP contribution in [0, 0.1) is 0 Å². The second kappa shape index (κ2) is 4.74. The van der Waals surface area contributed by atoms with E-state index in [4.69, 9.17) is 4.42 Å². The number of furan rings is 1. The van der Waals surface area contributed by atoms with E-state index in [1.165, 1.54) is 28.6 Å². The smallest absolute Gasteiger partial charge is 0.114 e. The average molecular weight is 313 g/mol. The van der Waals surface area contributed by atoms with Crippen molar-refractivity contribution in [3.05, 3.63) is 76.6 Å². The molecular formula is C20H15N3O. The zero-order chi connectivity index (χ0) is 16.3. The molecule has 0 N–H and O–H groups in total. The molecule has 116 valence electrons. The Morgan fingerprint density at radius 1 is 1.12 bits per heavy atom. The monoisotopic (exact) mass is 313 g/mol. The molecule has 2 bridgehead atoms. The third-order valence-corrected chi connectivity index (χ3v) is 5.15. The van der Waals surface area contributed by atoms with Crippen molar-refractivity contribution in [2.24, 2.45) is 9.98 Å². The van der Waals surface area contributed by atoms with Crippen LogP contribution in [0.1, 0.15) is 41.1 Å². The Labute approximate surface area is 139 Å². The van der Waals surface area contributed by atoms with Crippen LogP contribution in [0.3, 0.4) is 0 Å². The molecule has 1 aromatic carbocycles. The van der Waals surface area contributed by atoms with Gasteiger partial charge in [-0.2, -0.15) is 0 Å². The number of pyridine rings is 1. The lowest BCUT2D eigenvalue weighted by Crippen LogP contribution is -2.27. The van der Waals surface area contributed by atoms with Gasteiger partial charge in [0.15, 0.2) is 0 Å². The fraction of sp³-hybridized carbons (Fsp3) is 0.150. The van der Waals surface area contributed by atoms with E-state index < -0.39 is 0 Å². The number of allylic oxidation sites excluding steroid dienone is 2. The highest BCUT2D eigenvalue weighted by Crippen LogP contribution is 2.55. The average Bonchev–Trinajstić information content (AvgIpc) is 3.06. The van der Waals surface area contributed by atoms with Gasteiger partial charge in [0.1, 0.15) is 6.34 Å². The van der Waals surface area contributed by atoms with Crippen LogP contribution >= 0.6 is 0 Å². The van der Waals surface area contributed by atoms with Crippen molar-refractivity contribution in [2.45, 2.75) is 18.8 Å². The van der Waals surface area contributed by atoms with Crippen LogP contribution in [0.5, 0.6) is 0 Å². The summed E-state index contributed by atoms with van der Waals surface area (Å²) in [6.07, 6.45) is 6.99. The first-order chi connectivity index (χ1) is 11.8. The van der Waals surface area contributed by atoms with Gasteiger partial charge in [0, 0.05) is 22.9 Å². The molecule has 3 aliphatic carbocycles. The van der Waals surface area contributed by atoms with Crippen molar-refractivity contribution >= 4 is 23.8 Å². The summed E-state index contributed by atoms with van der Waals surface area (Å²) >= 11 is 0. The molecule has 6 rings (SSSR count). The van der Waals surface area contributed by atoms with E-state index in [0.717, 1.165) is 22.2 Å². The minimum atomic E-state index is 0.0403. The quantitative estimate of drug-likeness (QED) is 0.519. The molecule has 2 aromatic heterocycles. The van der Waals surface area contributed by atoms with Gasteiger partial charge in [0.2, 0.25) is 0 Å². The van der Waals surface area contributed by atoms with Crippen molar-refractivity contribution in [3.63, 3.8) is 0 Å². The highest BCUT2D eigenvalue weighted by Gasteiger charge is 2.42. The highest BCUT2D eigenvalue weighted by atomic mass is 16.3. The third-order valence-electron chi connectivity index (χ3n) is 5.15. The van der Waals surface area contributed by atoms with Gasteiger partial charge in [-0.15, -0.1) is 0 Å². The molecule has 2 atom stereocenters. The molecule has 0 fully saturated rings. The van der Waals surface area contributed by atoms with Crippen LogP contribution in [0.4, 0.5) is 0 Å². The molecule has 0 saturated carbocycles. The molecule has 4 nitrogen and oxygen atoms in total. The fourth-order valence-corrected chi connectivity index (χ4v) is 4.18. The first-order valence-corrected chi connectivity index (χ1v) is 7.93. The first kappa shape index (κ1) is 13.4. The lowest BCUT2D eigenvalue weighted by Gasteiger charge is -2.40. The molecule has 0 radical (unpaired) electrons. The SMILES string of the molecule is C=N/C=N\C1=C(C)C2c3cc4cocc4cc3C1c1ncccc12. The van der Waals surface area contributed by atoms with Crippen molar-refractivity contribution in [3.8, 4) is 0 Å². The summed E-state index contributed by atoms with van der Waals surface area (Å²) in [4.78, 5) is 13.1. The normalized spacial score (nSPS) is 21.4. The predicted molar refractivity (Wildman–Crippen MR) is 94.9 cm³/mol. The van der Waals surface area contributed by atoms with Gasteiger partial charge in [0.25, 0.3) is 0 Å². The number of aliphatic imine (C=N–C) groups is 2. The molecule has 2 unspecified atom stereocenters. The molecule has 3 aromatic rings. The van der Waals surface area contributed by atoms with Gasteiger partial charge >= 0.3 is 0 Å². The molecule has 0 spiro atoms. The summed E-state index contributed by atoms with van der Waals surface area (Å²) in [5.41, 5.74) is 7.27. The molecule has 0 amide bonds. The fourth-order valence-electron chi connectivity index (χ4n) is 4.18. The van der Waals surface area contributed by atoms with Crippen molar-refractivity contribution in [1.82, 2.24) is 4.98 Å². The Morgan fingerprint density at radius 2 is 1.88 bits per heavy atom. The van der Waals surface area contributed by atoms with E-state index in [1.54, 1.807) is 6.26 Å². The number of fused-ring (bicyclic) bond motifs is 1. The van der Waals surface area contributed by atoms with Crippen LogP contribution in [0.25, 0.3) is 10.8 Å². The van der Waals surface area contributed by atoms with Crippen LogP contribution in [0.15, 0.2) is 68.7 Å². The van der Waals surface area contributed by atoms with E-state index in [1.807, 2.05) is 18.5 Å². The van der Waals surface area contributed by atoms with Gasteiger partial charge in [0.05, 0.1) is 29.8 Å². The predicted octanol–water partition coefficient (Wildman–Crippen LogP) is 4.42. The van der Waals surface area contributed by atoms with Gasteiger partial charge < -0.3 is 4.42 Å². The minimum absolute atomic E-state index is 0.0403. The molecule has 4 heteroatoms. The molecule has 24 heavy (non-hydrogen) atoms. The number of nitrogens with zero attached hydrogens (tertiary/aromatic N) is 3. The Morgan fingerprint density at radius 3 is 2.62 bits per heavy atom. The number of benzene rings is 1. The highest BCUT2D eigenvalue weighted by molar-refractivity contribution is 5.85. The van der Waals surface area contributed by atoms with E-state index in [0.29, 0.717) is 0 Å². The van der Waals surface area contributed by atoms with Crippen molar-refractivity contribution < 1.29 is 4.42 Å². The number of rotatable bonds is 2. The summed E-state index contributed by atoms with van der Waals surface area (Å²) in [5, 5.41) is 2.25. The van der Waals surface area contributed by atoms with Gasteiger partial charge in [-0.05, 0) is 54.1 Å². The summed E-state index contributed by atoms with van der Waals surface area (Å²) in [5.74, 6) is 0.225. The van der Waals surface area contributed by atoms with Crippen LogP contribution in [-0.4, -0.2) is 18.0 Å². The number of aromatic nitrogens is 1. The van der Waals surface area contributed by atoms with Gasteiger partial charge in [-0.1, -0.05) is 6.07 Å². The minimum Gasteiger partial charge on any atom is -0.471 e. The zero-order valence-corrected chi connectivity index (χ0v) is 13.2. The van der Waals surface area contributed by atoms with Crippen LogP contribution < -0.4 is 0 Å². The molecule has 0 aliphatic heterocycles. The van der Waals surface area contributed by atoms with E-state index in [2.05, 4.69) is 46.8 Å². The first-order valence-electron chi connectivity index (χ1n) is 7.93. The Kier molecular flexibility index (Phi) is 2.65. The van der Waals surface area contributed by atoms with Gasteiger partial charge in [-0.3, -0.25) is 9.98 Å². The number of hydrogen-bond acceptors (Lipinski definition) is 3. The standard InChI is InChI=1S/C20H15N3O/c1-11-17-14-4-3-5-22-20(14)18(19(11)23-10-21-2)16-7-13-9-24-8-12(13)6-15(16)17/h3-10,17-18H,2H2,1H3/b23-10-. The van der Waals surface area contributed by atoms with E-state index >= 15 is 0 Å². The molecule has 0 saturated heterocycles. The van der Waals surface area contributed by atoms with Crippen molar-refractivity contribution in [2.75, 3.05) is 0 Å². The maximum absolute atomic E-state index is 5.39. The third kappa shape index (κ3) is 1.60. The summed E-state index contributed by atoms with van der Waals surface area (Å²) in [7, 11) is 0. The number of hydrogen-bond donors (Lipinski definition) is 0. The lowest BCUT2D eigenvalue weighted by molar-refractivity contribution is 0.572. The molecular weight excluding hydrogens is 298 g/mol. The maximum atomic E-state index is 5.39. The Hall–Kier alpha value is -3.01. The van der Waals surface area contributed by atoms with Crippen LogP contribution in [-0.2, 0) is 0 Å². The van der Waals surface area contributed by atoms with E-state index in [-0.39, 0.29) is 11.8 Å². The summed E-state index contributed by atoms with van der Waals surface area (Å²) in [6, 6.07) is 8.65. The second-order valence-corrected chi connectivity index (χ2v) is 6.32. The summed E-state index contributed by atoms with van der Waals surface area (Å²) in [6.45, 7) is 5.66.